The number of Topliss-reactive ketones (excluding diaryl/α,β-unsaturated/α-hetero) is 1. The normalized spacial score (nSPS) is 25.2. The highest BCUT2D eigenvalue weighted by atomic mass is 16.5. The number of rotatable bonds is 7. The van der Waals surface area contributed by atoms with Crippen molar-refractivity contribution in [1.82, 2.24) is 0 Å². The monoisotopic (exact) mass is 240 g/mol. The first kappa shape index (κ1) is 14.7. The highest BCUT2D eigenvalue weighted by molar-refractivity contribution is 5.82. The largest absolute Gasteiger partial charge is 0.371 e. The molecule has 0 radical (unpaired) electrons. The van der Waals surface area contributed by atoms with Gasteiger partial charge in [-0.05, 0) is 45.4 Å². The van der Waals surface area contributed by atoms with Crippen molar-refractivity contribution in [1.29, 1.82) is 0 Å². The van der Waals surface area contributed by atoms with Gasteiger partial charge in [-0.3, -0.25) is 4.79 Å². The number of ether oxygens (including phenoxy) is 1. The highest BCUT2D eigenvalue weighted by Crippen LogP contribution is 2.32. The van der Waals surface area contributed by atoms with E-state index in [4.69, 9.17) is 4.74 Å². The van der Waals surface area contributed by atoms with Gasteiger partial charge in [-0.15, -0.1) is 0 Å². The highest BCUT2D eigenvalue weighted by Gasteiger charge is 2.25. The van der Waals surface area contributed by atoms with Gasteiger partial charge in [-0.2, -0.15) is 0 Å². The van der Waals surface area contributed by atoms with Gasteiger partial charge in [0.1, 0.15) is 6.61 Å². The quantitative estimate of drug-likeness (QED) is 0.673. The fourth-order valence-electron chi connectivity index (χ4n) is 2.63. The molecule has 2 heteroatoms. The molecule has 17 heavy (non-hydrogen) atoms. The molecule has 2 nitrogen and oxygen atoms in total. The number of ketones is 1. The Labute approximate surface area is 106 Å². The van der Waals surface area contributed by atoms with Crippen LogP contribution in [0.4, 0.5) is 0 Å². The van der Waals surface area contributed by atoms with Crippen LogP contribution in [0.5, 0.6) is 0 Å². The number of hydrogen-bond acceptors (Lipinski definition) is 2. The molecule has 1 rings (SSSR count). The van der Waals surface area contributed by atoms with Crippen LogP contribution < -0.4 is 0 Å². The zero-order valence-electron chi connectivity index (χ0n) is 11.7. The lowest BCUT2D eigenvalue weighted by molar-refractivity contribution is -0.130. The van der Waals surface area contributed by atoms with Gasteiger partial charge in [0.05, 0.1) is 6.10 Å². The van der Waals surface area contributed by atoms with Crippen LogP contribution in [0.25, 0.3) is 0 Å². The molecule has 0 unspecified atom stereocenters. The van der Waals surface area contributed by atoms with E-state index in [0.29, 0.717) is 12.4 Å². The fraction of sp³-hybridized carbons (Fsp3) is 0.933. The molecule has 1 saturated carbocycles. The van der Waals surface area contributed by atoms with Crippen LogP contribution in [-0.2, 0) is 9.53 Å². The molecule has 100 valence electrons. The van der Waals surface area contributed by atoms with Crippen molar-refractivity contribution in [2.24, 2.45) is 11.8 Å². The molecule has 0 bridgehead atoms. The van der Waals surface area contributed by atoms with E-state index >= 15 is 0 Å². The van der Waals surface area contributed by atoms with Gasteiger partial charge < -0.3 is 4.74 Å². The third kappa shape index (κ3) is 5.67. The topological polar surface area (TPSA) is 26.3 Å². The smallest absolute Gasteiger partial charge is 0.161 e. The molecule has 0 heterocycles. The maximum Gasteiger partial charge on any atom is 0.161 e. The molecule has 0 atom stereocenters. The van der Waals surface area contributed by atoms with Gasteiger partial charge in [-0.1, -0.05) is 26.2 Å². The standard InChI is InChI=1S/C15H28O2/c1-4-5-6-13-7-9-14(10-8-13)15(16)11-17-12(2)3/h12-14H,4-11H2,1-3H3. The van der Waals surface area contributed by atoms with E-state index in [1.54, 1.807) is 0 Å². The Morgan fingerprint density at radius 3 is 2.41 bits per heavy atom. The van der Waals surface area contributed by atoms with Gasteiger partial charge in [0.15, 0.2) is 5.78 Å². The maximum absolute atomic E-state index is 11.9. The van der Waals surface area contributed by atoms with Crippen LogP contribution in [0.1, 0.15) is 65.7 Å². The van der Waals surface area contributed by atoms with Gasteiger partial charge in [-0.25, -0.2) is 0 Å². The average Bonchev–Trinajstić information content (AvgIpc) is 2.34. The average molecular weight is 240 g/mol. The number of hydrogen-bond donors (Lipinski definition) is 0. The summed E-state index contributed by atoms with van der Waals surface area (Å²) in [6.45, 7) is 6.53. The number of unbranched alkanes of at least 4 members (excludes halogenated alkanes) is 1. The van der Waals surface area contributed by atoms with Gasteiger partial charge in [0.2, 0.25) is 0 Å². The van der Waals surface area contributed by atoms with Crippen molar-refractivity contribution >= 4 is 5.78 Å². The Morgan fingerprint density at radius 2 is 1.88 bits per heavy atom. The summed E-state index contributed by atoms with van der Waals surface area (Å²) >= 11 is 0. The van der Waals surface area contributed by atoms with Gasteiger partial charge in [0, 0.05) is 5.92 Å². The lowest BCUT2D eigenvalue weighted by Gasteiger charge is -2.27. The molecule has 0 aromatic carbocycles. The predicted molar refractivity (Wildman–Crippen MR) is 71.1 cm³/mol. The number of carbonyl (C=O) groups is 1. The summed E-state index contributed by atoms with van der Waals surface area (Å²) < 4.78 is 5.40. The lowest BCUT2D eigenvalue weighted by Crippen LogP contribution is -2.26. The van der Waals surface area contributed by atoms with E-state index in [0.717, 1.165) is 18.8 Å². The van der Waals surface area contributed by atoms with Crippen LogP contribution in [-0.4, -0.2) is 18.5 Å². The van der Waals surface area contributed by atoms with Crippen LogP contribution in [0.15, 0.2) is 0 Å². The van der Waals surface area contributed by atoms with E-state index in [-0.39, 0.29) is 12.0 Å². The second kappa shape index (κ2) is 7.86. The Balaban J connectivity index is 2.19. The number of carbonyl (C=O) groups excluding carboxylic acids is 1. The van der Waals surface area contributed by atoms with E-state index in [9.17, 15) is 4.79 Å². The first-order valence-corrected chi connectivity index (χ1v) is 7.27. The summed E-state index contributed by atoms with van der Waals surface area (Å²) in [4.78, 5) is 11.9. The van der Waals surface area contributed by atoms with Crippen LogP contribution in [0.3, 0.4) is 0 Å². The molecule has 0 amide bonds. The third-order valence-electron chi connectivity index (χ3n) is 3.83. The molecule has 0 spiro atoms. The first-order chi connectivity index (χ1) is 8.13. The zero-order chi connectivity index (χ0) is 12.7. The minimum Gasteiger partial charge on any atom is -0.371 e. The molecule has 0 saturated heterocycles. The Hall–Kier alpha value is -0.370. The van der Waals surface area contributed by atoms with Crippen molar-refractivity contribution in [2.75, 3.05) is 6.61 Å². The third-order valence-corrected chi connectivity index (χ3v) is 3.83. The lowest BCUT2D eigenvalue weighted by atomic mass is 9.78. The van der Waals surface area contributed by atoms with Crippen molar-refractivity contribution in [3.63, 3.8) is 0 Å². The Kier molecular flexibility index (Phi) is 6.79. The molecular weight excluding hydrogens is 212 g/mol. The summed E-state index contributed by atoms with van der Waals surface area (Å²) in [5, 5.41) is 0. The Bertz CT molecular complexity index is 215. The first-order valence-electron chi connectivity index (χ1n) is 7.27. The molecule has 0 aromatic heterocycles. The molecule has 1 fully saturated rings. The minimum absolute atomic E-state index is 0.167. The van der Waals surface area contributed by atoms with Gasteiger partial charge >= 0.3 is 0 Å². The van der Waals surface area contributed by atoms with E-state index < -0.39 is 0 Å². The summed E-state index contributed by atoms with van der Waals surface area (Å²) in [6.07, 6.45) is 8.85. The van der Waals surface area contributed by atoms with E-state index in [2.05, 4.69) is 6.92 Å². The summed E-state index contributed by atoms with van der Waals surface area (Å²) in [5.74, 6) is 1.49. The second-order valence-corrected chi connectivity index (χ2v) is 5.69. The minimum atomic E-state index is 0.167. The molecule has 0 aromatic rings. The zero-order valence-corrected chi connectivity index (χ0v) is 11.7. The fourth-order valence-corrected chi connectivity index (χ4v) is 2.63. The van der Waals surface area contributed by atoms with E-state index in [1.165, 1.54) is 32.1 Å². The van der Waals surface area contributed by atoms with Crippen molar-refractivity contribution in [3.8, 4) is 0 Å². The van der Waals surface area contributed by atoms with Crippen LogP contribution in [0, 0.1) is 11.8 Å². The van der Waals surface area contributed by atoms with Gasteiger partial charge in [0.25, 0.3) is 0 Å². The van der Waals surface area contributed by atoms with Crippen molar-refractivity contribution < 1.29 is 9.53 Å². The van der Waals surface area contributed by atoms with Crippen molar-refractivity contribution in [2.45, 2.75) is 71.8 Å². The Morgan fingerprint density at radius 1 is 1.24 bits per heavy atom. The summed E-state index contributed by atoms with van der Waals surface area (Å²) in [7, 11) is 0. The summed E-state index contributed by atoms with van der Waals surface area (Å²) in [6, 6.07) is 0. The van der Waals surface area contributed by atoms with E-state index in [1.807, 2.05) is 13.8 Å². The summed E-state index contributed by atoms with van der Waals surface area (Å²) in [5.41, 5.74) is 0. The molecule has 0 N–H and O–H groups in total. The SMILES string of the molecule is CCCCC1CCC(C(=O)COC(C)C)CC1. The maximum atomic E-state index is 11.9. The molecule has 0 aliphatic heterocycles. The molecule has 1 aliphatic rings. The second-order valence-electron chi connectivity index (χ2n) is 5.69. The molecule has 1 aliphatic carbocycles. The molecular formula is C15H28O2. The van der Waals surface area contributed by atoms with Crippen LogP contribution in [0.2, 0.25) is 0 Å². The predicted octanol–water partition coefficient (Wildman–Crippen LogP) is 3.98. The van der Waals surface area contributed by atoms with Crippen molar-refractivity contribution in [3.05, 3.63) is 0 Å². The van der Waals surface area contributed by atoms with Crippen LogP contribution >= 0.6 is 0 Å².